The largest absolute Gasteiger partial charge is 0.325 e. The average Bonchev–Trinajstić information content (AvgIpc) is 2.85. The lowest BCUT2D eigenvalue weighted by Crippen LogP contribution is -2.23. The summed E-state index contributed by atoms with van der Waals surface area (Å²) in [5, 5.41) is 14.6. The summed E-state index contributed by atoms with van der Waals surface area (Å²) in [5.74, 6) is -0.0637. The van der Waals surface area contributed by atoms with Crippen LogP contribution in [0.2, 0.25) is 0 Å². The Morgan fingerprint density at radius 1 is 1.50 bits per heavy atom. The van der Waals surface area contributed by atoms with E-state index >= 15 is 0 Å². The Balaban J connectivity index is 1.99. The van der Waals surface area contributed by atoms with Gasteiger partial charge < -0.3 is 5.32 Å². The zero-order chi connectivity index (χ0) is 14.5. The number of aryl methyl sites for hydroxylation is 2. The number of benzene rings is 1. The van der Waals surface area contributed by atoms with E-state index in [1.54, 1.807) is 4.68 Å². The highest BCUT2D eigenvalue weighted by atomic mass is 32.2. The number of amides is 1. The van der Waals surface area contributed by atoms with Crippen molar-refractivity contribution in [1.82, 2.24) is 20.2 Å². The summed E-state index contributed by atoms with van der Waals surface area (Å²) < 4.78 is 1.67. The Hall–Kier alpha value is -1.89. The van der Waals surface area contributed by atoms with Gasteiger partial charge in [0.05, 0.1) is 5.25 Å². The highest BCUT2D eigenvalue weighted by molar-refractivity contribution is 8.00. The first-order valence-corrected chi connectivity index (χ1v) is 7.28. The summed E-state index contributed by atoms with van der Waals surface area (Å²) in [7, 11) is 0. The van der Waals surface area contributed by atoms with Crippen molar-refractivity contribution in [2.24, 2.45) is 0 Å². The second-order valence-corrected chi connectivity index (χ2v) is 5.70. The number of nitrogens with zero attached hydrogens (tertiary/aromatic N) is 4. The molecule has 1 aromatic carbocycles. The SMILES string of the molecule is CCn1nnnc1SC(C)C(=O)Nc1cccc(C)c1. The maximum absolute atomic E-state index is 12.1. The van der Waals surface area contributed by atoms with Gasteiger partial charge >= 0.3 is 0 Å². The van der Waals surface area contributed by atoms with E-state index < -0.39 is 0 Å². The van der Waals surface area contributed by atoms with Gasteiger partial charge in [-0.1, -0.05) is 23.9 Å². The number of hydrogen-bond donors (Lipinski definition) is 1. The van der Waals surface area contributed by atoms with Gasteiger partial charge in [-0.3, -0.25) is 4.79 Å². The zero-order valence-electron chi connectivity index (χ0n) is 11.7. The van der Waals surface area contributed by atoms with Crippen molar-refractivity contribution in [3.8, 4) is 0 Å². The fourth-order valence-electron chi connectivity index (χ4n) is 1.66. The third-order valence-corrected chi connectivity index (χ3v) is 3.81. The lowest BCUT2D eigenvalue weighted by Gasteiger charge is -2.11. The predicted molar refractivity (Wildman–Crippen MR) is 78.6 cm³/mol. The van der Waals surface area contributed by atoms with Crippen molar-refractivity contribution < 1.29 is 4.79 Å². The summed E-state index contributed by atoms with van der Waals surface area (Å²) >= 11 is 1.35. The van der Waals surface area contributed by atoms with Gasteiger partial charge in [0.1, 0.15) is 0 Å². The molecule has 0 fully saturated rings. The standard InChI is InChI=1S/C13H17N5OS/c1-4-18-13(15-16-17-18)20-10(3)12(19)14-11-7-5-6-9(2)8-11/h5-8,10H,4H2,1-3H3,(H,14,19). The molecule has 0 aliphatic heterocycles. The smallest absolute Gasteiger partial charge is 0.237 e. The van der Waals surface area contributed by atoms with Gasteiger partial charge in [0, 0.05) is 12.2 Å². The van der Waals surface area contributed by atoms with E-state index in [0.717, 1.165) is 11.3 Å². The molecule has 1 aromatic heterocycles. The van der Waals surface area contributed by atoms with E-state index in [2.05, 4.69) is 20.8 Å². The molecule has 106 valence electrons. The van der Waals surface area contributed by atoms with Gasteiger partial charge in [-0.15, -0.1) is 5.10 Å². The monoisotopic (exact) mass is 291 g/mol. The Labute approximate surface area is 121 Å². The molecule has 0 aliphatic carbocycles. The van der Waals surface area contributed by atoms with E-state index in [1.807, 2.05) is 45.0 Å². The van der Waals surface area contributed by atoms with Crippen LogP contribution < -0.4 is 5.32 Å². The molecule has 0 aliphatic rings. The van der Waals surface area contributed by atoms with Crippen LogP contribution in [0.4, 0.5) is 5.69 Å². The minimum Gasteiger partial charge on any atom is -0.325 e. The summed E-state index contributed by atoms with van der Waals surface area (Å²) in [5.41, 5.74) is 1.91. The van der Waals surface area contributed by atoms with Crippen LogP contribution in [0.1, 0.15) is 19.4 Å². The average molecular weight is 291 g/mol. The van der Waals surface area contributed by atoms with Crippen molar-refractivity contribution in [3.63, 3.8) is 0 Å². The molecule has 1 N–H and O–H groups in total. The molecule has 0 radical (unpaired) electrons. The van der Waals surface area contributed by atoms with Gasteiger partial charge in [-0.2, -0.15) is 0 Å². The van der Waals surface area contributed by atoms with Crippen LogP contribution >= 0.6 is 11.8 Å². The Morgan fingerprint density at radius 3 is 3.00 bits per heavy atom. The first-order chi connectivity index (χ1) is 9.60. The van der Waals surface area contributed by atoms with Crippen molar-refractivity contribution >= 4 is 23.4 Å². The molecule has 0 bridgehead atoms. The normalized spacial score (nSPS) is 12.2. The molecule has 1 atom stereocenters. The summed E-state index contributed by atoms with van der Waals surface area (Å²) in [6.45, 7) is 6.47. The van der Waals surface area contributed by atoms with Crippen LogP contribution in [-0.4, -0.2) is 31.4 Å². The molecule has 0 spiro atoms. The third kappa shape index (κ3) is 3.57. The number of thioether (sulfide) groups is 1. The van der Waals surface area contributed by atoms with Crippen molar-refractivity contribution in [1.29, 1.82) is 0 Å². The number of hydrogen-bond acceptors (Lipinski definition) is 5. The van der Waals surface area contributed by atoms with Crippen molar-refractivity contribution in [3.05, 3.63) is 29.8 Å². The molecule has 1 amide bonds. The highest BCUT2D eigenvalue weighted by Gasteiger charge is 2.18. The topological polar surface area (TPSA) is 72.7 Å². The fraction of sp³-hybridized carbons (Fsp3) is 0.385. The van der Waals surface area contributed by atoms with Gasteiger partial charge in [-0.05, 0) is 48.9 Å². The molecular formula is C13H17N5OS. The predicted octanol–water partition coefficient (Wildman–Crippen LogP) is 2.12. The summed E-state index contributed by atoms with van der Waals surface area (Å²) in [4.78, 5) is 12.1. The molecule has 1 heterocycles. The molecule has 20 heavy (non-hydrogen) atoms. The summed E-state index contributed by atoms with van der Waals surface area (Å²) in [6, 6.07) is 7.72. The number of aromatic nitrogens is 4. The highest BCUT2D eigenvalue weighted by Crippen LogP contribution is 2.21. The first-order valence-electron chi connectivity index (χ1n) is 6.40. The fourth-order valence-corrected chi connectivity index (χ4v) is 2.51. The van der Waals surface area contributed by atoms with Crippen LogP contribution in [0.15, 0.2) is 29.4 Å². The van der Waals surface area contributed by atoms with E-state index in [-0.39, 0.29) is 11.2 Å². The second-order valence-electron chi connectivity index (χ2n) is 4.40. The van der Waals surface area contributed by atoms with Gasteiger partial charge in [0.25, 0.3) is 0 Å². The molecule has 1 unspecified atom stereocenters. The molecule has 2 aromatic rings. The first kappa shape index (κ1) is 14.5. The van der Waals surface area contributed by atoms with Gasteiger partial charge in [-0.25, -0.2) is 4.68 Å². The van der Waals surface area contributed by atoms with E-state index in [0.29, 0.717) is 11.7 Å². The molecule has 2 rings (SSSR count). The van der Waals surface area contributed by atoms with E-state index in [4.69, 9.17) is 0 Å². The Morgan fingerprint density at radius 2 is 2.30 bits per heavy atom. The van der Waals surface area contributed by atoms with Crippen molar-refractivity contribution in [2.75, 3.05) is 5.32 Å². The van der Waals surface area contributed by atoms with Crippen LogP contribution in [-0.2, 0) is 11.3 Å². The van der Waals surface area contributed by atoms with Gasteiger partial charge in [0.15, 0.2) is 0 Å². The van der Waals surface area contributed by atoms with Crippen LogP contribution in [0.5, 0.6) is 0 Å². The zero-order valence-corrected chi connectivity index (χ0v) is 12.5. The maximum atomic E-state index is 12.1. The lowest BCUT2D eigenvalue weighted by molar-refractivity contribution is -0.115. The second kappa shape index (κ2) is 6.51. The number of carbonyl (C=O) groups excluding carboxylic acids is 1. The Kier molecular flexibility index (Phi) is 4.73. The van der Waals surface area contributed by atoms with Crippen LogP contribution in [0, 0.1) is 6.92 Å². The molecule has 0 saturated carbocycles. The number of anilines is 1. The number of rotatable bonds is 5. The lowest BCUT2D eigenvalue weighted by atomic mass is 10.2. The minimum absolute atomic E-state index is 0.0637. The minimum atomic E-state index is -0.271. The van der Waals surface area contributed by atoms with Gasteiger partial charge in [0.2, 0.25) is 11.1 Å². The Bertz CT molecular complexity index is 598. The maximum Gasteiger partial charge on any atom is 0.237 e. The van der Waals surface area contributed by atoms with Crippen molar-refractivity contribution in [2.45, 2.75) is 37.7 Å². The van der Waals surface area contributed by atoms with E-state index in [9.17, 15) is 4.79 Å². The molecule has 6 nitrogen and oxygen atoms in total. The summed E-state index contributed by atoms with van der Waals surface area (Å²) in [6.07, 6.45) is 0. The number of nitrogens with one attached hydrogen (secondary N) is 1. The van der Waals surface area contributed by atoms with Crippen LogP contribution in [0.3, 0.4) is 0 Å². The quantitative estimate of drug-likeness (QED) is 0.854. The third-order valence-electron chi connectivity index (χ3n) is 2.74. The molecule has 7 heteroatoms. The number of carbonyl (C=O) groups is 1. The van der Waals surface area contributed by atoms with Crippen LogP contribution in [0.25, 0.3) is 0 Å². The number of tetrazole rings is 1. The van der Waals surface area contributed by atoms with E-state index in [1.165, 1.54) is 11.8 Å². The molecule has 0 saturated heterocycles. The molecular weight excluding hydrogens is 274 g/mol.